The first kappa shape index (κ1) is 12.7. The van der Waals surface area contributed by atoms with Crippen LogP contribution in [-0.2, 0) is 4.74 Å². The molecule has 0 amide bonds. The molecule has 5 heteroatoms. The van der Waals surface area contributed by atoms with Gasteiger partial charge in [-0.25, -0.2) is 8.78 Å². The molecule has 13 heavy (non-hydrogen) atoms. The molecule has 80 valence electrons. The van der Waals surface area contributed by atoms with Gasteiger partial charge in [0.1, 0.15) is 0 Å². The highest BCUT2D eigenvalue weighted by Gasteiger charge is 2.29. The van der Waals surface area contributed by atoms with E-state index in [1.807, 2.05) is 0 Å². The average Bonchev–Trinajstić information content (AvgIpc) is 1.99. The van der Waals surface area contributed by atoms with E-state index >= 15 is 0 Å². The van der Waals surface area contributed by atoms with Gasteiger partial charge in [-0.15, -0.1) is 0 Å². The van der Waals surface area contributed by atoms with Gasteiger partial charge in [-0.2, -0.15) is 0 Å². The molecule has 0 aliphatic carbocycles. The fourth-order valence-electron chi connectivity index (χ4n) is 1.04. The number of methoxy groups -OCH3 is 1. The van der Waals surface area contributed by atoms with Crippen molar-refractivity contribution in [3.05, 3.63) is 0 Å². The van der Waals surface area contributed by atoms with Gasteiger partial charge in [-0.05, 0) is 14.1 Å². The molecule has 0 aliphatic rings. The van der Waals surface area contributed by atoms with Crippen molar-refractivity contribution in [2.24, 2.45) is 0 Å². The number of ether oxygens (including phenoxy) is 1. The summed E-state index contributed by atoms with van der Waals surface area (Å²) in [6.07, 6.45) is 0. The van der Waals surface area contributed by atoms with Crippen LogP contribution in [0.25, 0.3) is 0 Å². The van der Waals surface area contributed by atoms with Crippen molar-refractivity contribution in [3.63, 3.8) is 0 Å². The van der Waals surface area contributed by atoms with Gasteiger partial charge < -0.3 is 10.1 Å². The lowest BCUT2D eigenvalue weighted by Gasteiger charge is -2.23. The lowest BCUT2D eigenvalue weighted by molar-refractivity contribution is -0.0267. The Hall–Kier alpha value is -0.260. The number of nitrogens with zero attached hydrogens (tertiary/aromatic N) is 1. The third-order valence-corrected chi connectivity index (χ3v) is 1.61. The predicted octanol–water partition coefficient (Wildman–Crippen LogP) is 0.419. The van der Waals surface area contributed by atoms with E-state index in [9.17, 15) is 8.78 Å². The second kappa shape index (κ2) is 6.23. The fraction of sp³-hybridized carbons (Fsp3) is 1.00. The van der Waals surface area contributed by atoms with E-state index in [4.69, 9.17) is 4.74 Å². The third-order valence-electron chi connectivity index (χ3n) is 1.61. The van der Waals surface area contributed by atoms with Crippen molar-refractivity contribution in [2.75, 3.05) is 47.4 Å². The summed E-state index contributed by atoms with van der Waals surface area (Å²) in [6, 6.07) is 0. The first-order valence-corrected chi connectivity index (χ1v) is 4.22. The number of likely N-dealkylation sites (N-methyl/N-ethyl adjacent to an activating group) is 1. The SMILES string of the molecule is CNCC(F)(F)CN(C)CCOC. The van der Waals surface area contributed by atoms with E-state index in [1.54, 1.807) is 19.1 Å². The van der Waals surface area contributed by atoms with E-state index in [1.165, 1.54) is 7.05 Å². The Bertz CT molecular complexity index is 133. The summed E-state index contributed by atoms with van der Waals surface area (Å²) in [7, 11) is 4.73. The van der Waals surface area contributed by atoms with Crippen LogP contribution in [0.2, 0.25) is 0 Å². The zero-order valence-electron chi connectivity index (χ0n) is 8.44. The number of halogens is 2. The summed E-state index contributed by atoms with van der Waals surface area (Å²) in [5.74, 6) is -2.67. The molecular formula is C8H18F2N2O. The zero-order chi connectivity index (χ0) is 10.3. The van der Waals surface area contributed by atoms with Gasteiger partial charge in [-0.1, -0.05) is 0 Å². The summed E-state index contributed by atoms with van der Waals surface area (Å²) < 4.78 is 30.7. The summed E-state index contributed by atoms with van der Waals surface area (Å²) in [5, 5.41) is 2.46. The highest BCUT2D eigenvalue weighted by Crippen LogP contribution is 2.12. The molecule has 0 radical (unpaired) electrons. The van der Waals surface area contributed by atoms with Gasteiger partial charge in [0, 0.05) is 13.7 Å². The monoisotopic (exact) mass is 196 g/mol. The van der Waals surface area contributed by atoms with Crippen LogP contribution in [0.3, 0.4) is 0 Å². The highest BCUT2D eigenvalue weighted by molar-refractivity contribution is 4.72. The second-order valence-corrected chi connectivity index (χ2v) is 3.12. The molecule has 0 saturated carbocycles. The van der Waals surface area contributed by atoms with Gasteiger partial charge >= 0.3 is 0 Å². The number of alkyl halides is 2. The fourth-order valence-corrected chi connectivity index (χ4v) is 1.04. The first-order valence-electron chi connectivity index (χ1n) is 4.22. The molecule has 0 aromatic carbocycles. The van der Waals surface area contributed by atoms with E-state index < -0.39 is 5.92 Å². The van der Waals surface area contributed by atoms with Crippen molar-refractivity contribution < 1.29 is 13.5 Å². The van der Waals surface area contributed by atoms with Crippen LogP contribution in [0.15, 0.2) is 0 Å². The minimum Gasteiger partial charge on any atom is -0.383 e. The molecule has 0 heterocycles. The van der Waals surface area contributed by atoms with E-state index in [-0.39, 0.29) is 13.1 Å². The standard InChI is InChI=1S/C8H18F2N2O/c1-11-6-8(9,10)7-12(2)4-5-13-3/h11H,4-7H2,1-3H3. The highest BCUT2D eigenvalue weighted by atomic mass is 19.3. The van der Waals surface area contributed by atoms with Crippen LogP contribution in [0.4, 0.5) is 8.78 Å². The Labute approximate surface area is 78.0 Å². The second-order valence-electron chi connectivity index (χ2n) is 3.12. The summed E-state index contributed by atoms with van der Waals surface area (Å²) in [5.41, 5.74) is 0. The first-order chi connectivity index (χ1) is 6.02. The topological polar surface area (TPSA) is 24.5 Å². The van der Waals surface area contributed by atoms with Gasteiger partial charge in [-0.3, -0.25) is 4.90 Å². The smallest absolute Gasteiger partial charge is 0.272 e. The van der Waals surface area contributed by atoms with Crippen molar-refractivity contribution >= 4 is 0 Å². The Morgan fingerprint density at radius 3 is 2.54 bits per heavy atom. The van der Waals surface area contributed by atoms with Gasteiger partial charge in [0.15, 0.2) is 0 Å². The van der Waals surface area contributed by atoms with Crippen molar-refractivity contribution in [1.29, 1.82) is 0 Å². The Morgan fingerprint density at radius 2 is 2.08 bits per heavy atom. The lowest BCUT2D eigenvalue weighted by Crippen LogP contribution is -2.42. The van der Waals surface area contributed by atoms with E-state index in [0.717, 1.165) is 0 Å². The van der Waals surface area contributed by atoms with Crippen LogP contribution in [0.1, 0.15) is 0 Å². The molecule has 0 aromatic heterocycles. The quantitative estimate of drug-likeness (QED) is 0.638. The van der Waals surface area contributed by atoms with Crippen molar-refractivity contribution in [1.82, 2.24) is 10.2 Å². The van der Waals surface area contributed by atoms with Crippen LogP contribution in [0, 0.1) is 0 Å². The lowest BCUT2D eigenvalue weighted by atomic mass is 10.3. The number of hydrogen-bond donors (Lipinski definition) is 1. The summed E-state index contributed by atoms with van der Waals surface area (Å²) in [4.78, 5) is 1.56. The van der Waals surface area contributed by atoms with E-state index in [0.29, 0.717) is 13.2 Å². The third kappa shape index (κ3) is 6.86. The molecule has 0 unspecified atom stereocenters. The number of rotatable bonds is 7. The number of hydrogen-bond acceptors (Lipinski definition) is 3. The van der Waals surface area contributed by atoms with Crippen LogP contribution in [-0.4, -0.2) is 58.3 Å². The Kier molecular flexibility index (Phi) is 6.11. The molecule has 0 spiro atoms. The molecule has 3 nitrogen and oxygen atoms in total. The van der Waals surface area contributed by atoms with Crippen LogP contribution < -0.4 is 5.32 Å². The maximum absolute atomic E-state index is 13.0. The maximum atomic E-state index is 13.0. The maximum Gasteiger partial charge on any atom is 0.272 e. The zero-order valence-corrected chi connectivity index (χ0v) is 8.44. The Morgan fingerprint density at radius 1 is 1.46 bits per heavy atom. The van der Waals surface area contributed by atoms with Gasteiger partial charge in [0.05, 0.1) is 19.7 Å². The molecular weight excluding hydrogens is 178 g/mol. The molecule has 0 aromatic rings. The largest absolute Gasteiger partial charge is 0.383 e. The van der Waals surface area contributed by atoms with Crippen molar-refractivity contribution in [2.45, 2.75) is 5.92 Å². The molecule has 0 aliphatic heterocycles. The van der Waals surface area contributed by atoms with Crippen LogP contribution in [0.5, 0.6) is 0 Å². The van der Waals surface area contributed by atoms with E-state index in [2.05, 4.69) is 5.32 Å². The molecule has 1 N–H and O–H groups in total. The number of nitrogens with one attached hydrogen (secondary N) is 1. The van der Waals surface area contributed by atoms with Crippen molar-refractivity contribution in [3.8, 4) is 0 Å². The minimum absolute atomic E-state index is 0.239. The molecule has 0 atom stereocenters. The normalized spacial score (nSPS) is 12.5. The van der Waals surface area contributed by atoms with Gasteiger partial charge in [0.25, 0.3) is 5.92 Å². The molecule has 0 bridgehead atoms. The molecule has 0 rings (SSSR count). The molecule has 0 fully saturated rings. The summed E-state index contributed by atoms with van der Waals surface area (Å²) in [6.45, 7) is 0.476. The minimum atomic E-state index is -2.67. The van der Waals surface area contributed by atoms with Crippen LogP contribution >= 0.6 is 0 Å². The average molecular weight is 196 g/mol. The predicted molar refractivity (Wildman–Crippen MR) is 48.2 cm³/mol. The Balaban J connectivity index is 3.68. The molecule has 0 saturated heterocycles. The summed E-state index contributed by atoms with van der Waals surface area (Å²) >= 11 is 0. The van der Waals surface area contributed by atoms with Gasteiger partial charge in [0.2, 0.25) is 0 Å².